The van der Waals surface area contributed by atoms with Gasteiger partial charge in [-0.15, -0.1) is 0 Å². The summed E-state index contributed by atoms with van der Waals surface area (Å²) < 4.78 is 11.1. The van der Waals surface area contributed by atoms with Crippen molar-refractivity contribution in [3.63, 3.8) is 0 Å². The summed E-state index contributed by atoms with van der Waals surface area (Å²) in [5.74, 6) is -0.190. The van der Waals surface area contributed by atoms with E-state index in [-0.39, 0.29) is 11.2 Å². The van der Waals surface area contributed by atoms with Crippen LogP contribution in [0.15, 0.2) is 24.3 Å². The Kier molecular flexibility index (Phi) is 4.49. The molecule has 16 heavy (non-hydrogen) atoms. The van der Waals surface area contributed by atoms with Gasteiger partial charge >= 0.3 is 0 Å². The van der Waals surface area contributed by atoms with Crippen LogP contribution in [0.25, 0.3) is 0 Å². The third kappa shape index (κ3) is 3.66. The Bertz CT molecular complexity index is 407. The molecular formula is C11H16N2O2S. The highest BCUT2D eigenvalue weighted by Gasteiger charge is 2.09. The van der Waals surface area contributed by atoms with E-state index in [4.69, 9.17) is 5.73 Å². The van der Waals surface area contributed by atoms with Gasteiger partial charge in [-0.3, -0.25) is 9.00 Å². The molecular weight excluding hydrogens is 224 g/mol. The molecule has 88 valence electrons. The Balaban J connectivity index is 2.56. The second kappa shape index (κ2) is 5.65. The van der Waals surface area contributed by atoms with Crippen molar-refractivity contribution in [3.05, 3.63) is 29.8 Å². The number of rotatable bonds is 4. The molecule has 0 aliphatic rings. The van der Waals surface area contributed by atoms with Crippen LogP contribution < -0.4 is 11.1 Å². The predicted molar refractivity (Wildman–Crippen MR) is 66.7 cm³/mol. The van der Waals surface area contributed by atoms with E-state index in [0.717, 1.165) is 0 Å². The molecule has 4 nitrogen and oxygen atoms in total. The summed E-state index contributed by atoms with van der Waals surface area (Å²) in [6.45, 7) is 2.23. The van der Waals surface area contributed by atoms with E-state index in [1.54, 1.807) is 30.5 Å². The first-order valence-electron chi connectivity index (χ1n) is 4.96. The maximum Gasteiger partial charge on any atom is 0.251 e. The normalized spacial score (nSPS) is 14.1. The maximum atomic E-state index is 11.7. The van der Waals surface area contributed by atoms with Crippen molar-refractivity contribution in [1.82, 2.24) is 5.32 Å². The standard InChI is InChI=1S/C11H16N2O2S/c1-8(16(2)15)7-13-11(14)9-4-3-5-10(12)6-9/h3-6,8H,7,12H2,1-2H3,(H,13,14). The molecule has 1 rings (SSSR count). The number of nitrogens with one attached hydrogen (secondary N) is 1. The van der Waals surface area contributed by atoms with Gasteiger partial charge in [0.25, 0.3) is 5.91 Å². The smallest absolute Gasteiger partial charge is 0.251 e. The van der Waals surface area contributed by atoms with Gasteiger partial charge in [0.1, 0.15) is 0 Å². The Morgan fingerprint density at radius 2 is 2.25 bits per heavy atom. The van der Waals surface area contributed by atoms with Crippen molar-refractivity contribution in [2.45, 2.75) is 12.2 Å². The van der Waals surface area contributed by atoms with E-state index >= 15 is 0 Å². The molecule has 0 heterocycles. The molecule has 0 spiro atoms. The molecule has 0 bridgehead atoms. The molecule has 2 unspecified atom stereocenters. The number of hydrogen-bond acceptors (Lipinski definition) is 3. The second-order valence-electron chi connectivity index (χ2n) is 3.64. The van der Waals surface area contributed by atoms with Crippen molar-refractivity contribution in [2.24, 2.45) is 0 Å². The molecule has 0 saturated carbocycles. The van der Waals surface area contributed by atoms with Gasteiger partial charge in [-0.05, 0) is 25.1 Å². The van der Waals surface area contributed by atoms with Crippen LogP contribution in [-0.4, -0.2) is 28.2 Å². The number of anilines is 1. The zero-order valence-corrected chi connectivity index (χ0v) is 10.2. The van der Waals surface area contributed by atoms with Crippen LogP contribution in [0.2, 0.25) is 0 Å². The molecule has 0 radical (unpaired) electrons. The highest BCUT2D eigenvalue weighted by atomic mass is 32.2. The molecule has 5 heteroatoms. The average Bonchev–Trinajstić information content (AvgIpc) is 2.25. The van der Waals surface area contributed by atoms with Crippen LogP contribution in [0.3, 0.4) is 0 Å². The summed E-state index contributed by atoms with van der Waals surface area (Å²) in [5.41, 5.74) is 6.65. The molecule has 0 aromatic heterocycles. The minimum absolute atomic E-state index is 0.0509. The van der Waals surface area contributed by atoms with Crippen molar-refractivity contribution in [2.75, 3.05) is 18.5 Å². The largest absolute Gasteiger partial charge is 0.399 e. The van der Waals surface area contributed by atoms with Crippen LogP contribution in [0, 0.1) is 0 Å². The van der Waals surface area contributed by atoms with E-state index in [9.17, 15) is 9.00 Å². The maximum absolute atomic E-state index is 11.7. The number of amides is 1. The third-order valence-corrected chi connectivity index (χ3v) is 3.57. The lowest BCUT2D eigenvalue weighted by Crippen LogP contribution is -2.32. The first-order valence-corrected chi connectivity index (χ1v) is 6.59. The number of hydrogen-bond donors (Lipinski definition) is 2. The molecule has 3 N–H and O–H groups in total. The fourth-order valence-electron chi connectivity index (χ4n) is 1.14. The molecule has 1 amide bonds. The number of carbonyl (C=O) groups is 1. The van der Waals surface area contributed by atoms with Crippen molar-refractivity contribution < 1.29 is 9.00 Å². The van der Waals surface area contributed by atoms with Gasteiger partial charge in [0.05, 0.1) is 0 Å². The quantitative estimate of drug-likeness (QED) is 0.763. The topological polar surface area (TPSA) is 72.2 Å². The third-order valence-electron chi connectivity index (χ3n) is 2.27. The Labute approximate surface area is 97.7 Å². The van der Waals surface area contributed by atoms with E-state index in [2.05, 4.69) is 5.32 Å². The monoisotopic (exact) mass is 240 g/mol. The highest BCUT2D eigenvalue weighted by Crippen LogP contribution is 2.06. The summed E-state index contributed by atoms with van der Waals surface area (Å²) in [4.78, 5) is 11.7. The van der Waals surface area contributed by atoms with Gasteiger partial charge in [-0.2, -0.15) is 0 Å². The first kappa shape index (κ1) is 12.7. The van der Waals surface area contributed by atoms with Crippen LogP contribution >= 0.6 is 0 Å². The summed E-state index contributed by atoms with van der Waals surface area (Å²) in [6.07, 6.45) is 1.62. The molecule has 1 aromatic rings. The van der Waals surface area contributed by atoms with E-state index in [0.29, 0.717) is 17.8 Å². The number of nitrogens with two attached hydrogens (primary N) is 1. The Morgan fingerprint density at radius 3 is 2.81 bits per heavy atom. The lowest BCUT2D eigenvalue weighted by Gasteiger charge is -2.10. The van der Waals surface area contributed by atoms with E-state index in [1.807, 2.05) is 6.92 Å². The lowest BCUT2D eigenvalue weighted by molar-refractivity contribution is 0.0954. The minimum atomic E-state index is -0.927. The summed E-state index contributed by atoms with van der Waals surface area (Å²) in [7, 11) is -0.927. The second-order valence-corrected chi connectivity index (χ2v) is 5.45. The van der Waals surface area contributed by atoms with Gasteiger partial charge in [0.2, 0.25) is 0 Å². The molecule has 0 aliphatic heterocycles. The Hall–Kier alpha value is -1.36. The van der Waals surface area contributed by atoms with Crippen LogP contribution in [0.5, 0.6) is 0 Å². The zero-order valence-electron chi connectivity index (χ0n) is 9.40. The lowest BCUT2D eigenvalue weighted by atomic mass is 10.2. The minimum Gasteiger partial charge on any atom is -0.399 e. The average molecular weight is 240 g/mol. The van der Waals surface area contributed by atoms with Crippen molar-refractivity contribution in [1.29, 1.82) is 0 Å². The Morgan fingerprint density at radius 1 is 1.56 bits per heavy atom. The number of nitrogen functional groups attached to an aromatic ring is 1. The van der Waals surface area contributed by atoms with Crippen LogP contribution in [0.4, 0.5) is 5.69 Å². The molecule has 0 fully saturated rings. The van der Waals surface area contributed by atoms with Gasteiger partial charge in [-0.1, -0.05) is 6.07 Å². The molecule has 0 aliphatic carbocycles. The van der Waals surface area contributed by atoms with Crippen molar-refractivity contribution in [3.8, 4) is 0 Å². The number of benzene rings is 1. The van der Waals surface area contributed by atoms with Gasteiger partial charge in [0.15, 0.2) is 0 Å². The fourth-order valence-corrected chi connectivity index (χ4v) is 1.45. The molecule has 2 atom stereocenters. The fraction of sp³-hybridized carbons (Fsp3) is 0.364. The SMILES string of the molecule is CC(CNC(=O)c1cccc(N)c1)S(C)=O. The number of carbonyl (C=O) groups excluding carboxylic acids is 1. The van der Waals surface area contributed by atoms with Gasteiger partial charge in [-0.25, -0.2) is 0 Å². The molecule has 1 aromatic carbocycles. The molecule has 0 saturated heterocycles. The first-order chi connectivity index (χ1) is 7.50. The van der Waals surface area contributed by atoms with Crippen LogP contribution in [0.1, 0.15) is 17.3 Å². The zero-order chi connectivity index (χ0) is 12.1. The summed E-state index contributed by atoms with van der Waals surface area (Å²) >= 11 is 0. The van der Waals surface area contributed by atoms with E-state index in [1.165, 1.54) is 0 Å². The summed E-state index contributed by atoms with van der Waals surface area (Å²) in [6, 6.07) is 6.76. The van der Waals surface area contributed by atoms with Gasteiger partial charge in [0, 0.05) is 40.1 Å². The van der Waals surface area contributed by atoms with Crippen LogP contribution in [-0.2, 0) is 10.8 Å². The van der Waals surface area contributed by atoms with Crippen molar-refractivity contribution >= 4 is 22.4 Å². The van der Waals surface area contributed by atoms with Gasteiger partial charge < -0.3 is 11.1 Å². The predicted octanol–water partition coefficient (Wildman–Crippen LogP) is 0.766. The summed E-state index contributed by atoms with van der Waals surface area (Å²) in [5, 5.41) is 2.67. The highest BCUT2D eigenvalue weighted by molar-refractivity contribution is 7.84. The van der Waals surface area contributed by atoms with E-state index < -0.39 is 10.8 Å².